The normalized spacial score (nSPS) is 13.6. The summed E-state index contributed by atoms with van der Waals surface area (Å²) in [5.74, 6) is -0.0914. The molecule has 1 aromatic rings. The lowest BCUT2D eigenvalue weighted by molar-refractivity contribution is 0.516. The Morgan fingerprint density at radius 3 is 2.47 bits per heavy atom. The van der Waals surface area contributed by atoms with Crippen LogP contribution in [0.1, 0.15) is 19.4 Å². The molecule has 1 heterocycles. The van der Waals surface area contributed by atoms with E-state index < -0.39 is 16.1 Å². The van der Waals surface area contributed by atoms with Gasteiger partial charge >= 0.3 is 0 Å². The van der Waals surface area contributed by atoms with Gasteiger partial charge in [0.2, 0.25) is 0 Å². The number of nitrogens with one attached hydrogen (secondary N) is 1. The van der Waals surface area contributed by atoms with Gasteiger partial charge in [-0.3, -0.25) is 0 Å². The lowest BCUT2D eigenvalue weighted by Crippen LogP contribution is -2.36. The first-order valence-corrected chi connectivity index (χ1v) is 7.63. The molecule has 0 radical (unpaired) electrons. The van der Waals surface area contributed by atoms with Crippen molar-refractivity contribution in [2.24, 2.45) is 5.92 Å². The first-order valence-electron chi connectivity index (χ1n) is 4.96. The zero-order valence-corrected chi connectivity index (χ0v) is 12.1. The quantitative estimate of drug-likeness (QED) is 0.927. The molecule has 0 aliphatic rings. The molecule has 0 spiro atoms. The molecule has 0 amide bonds. The number of hydrogen-bond donors (Lipinski definition) is 1. The maximum absolute atomic E-state index is 12.0. The second kappa shape index (κ2) is 5.36. The van der Waals surface area contributed by atoms with Crippen LogP contribution in [-0.2, 0) is 10.0 Å². The molecule has 1 unspecified atom stereocenters. The molecule has 0 fully saturated rings. The van der Waals surface area contributed by atoms with E-state index in [2.05, 4.69) is 4.72 Å². The Morgan fingerprint density at radius 2 is 2.12 bits per heavy atom. The lowest BCUT2D eigenvalue weighted by Gasteiger charge is -2.13. The van der Waals surface area contributed by atoms with E-state index in [1.807, 2.05) is 6.07 Å². The van der Waals surface area contributed by atoms with Gasteiger partial charge in [0, 0.05) is 0 Å². The van der Waals surface area contributed by atoms with Crippen LogP contribution in [0.4, 0.5) is 0 Å². The molecule has 0 saturated heterocycles. The molecule has 0 bridgehead atoms. The first-order chi connectivity index (χ1) is 7.77. The predicted octanol–water partition coefficient (Wildman–Crippen LogP) is 2.54. The maximum atomic E-state index is 12.0. The van der Waals surface area contributed by atoms with Gasteiger partial charge < -0.3 is 0 Å². The van der Waals surface area contributed by atoms with Crippen molar-refractivity contribution >= 4 is 33.0 Å². The van der Waals surface area contributed by atoms with Crippen molar-refractivity contribution in [3.05, 3.63) is 16.0 Å². The lowest BCUT2D eigenvalue weighted by atomic mass is 10.1. The summed E-state index contributed by atoms with van der Waals surface area (Å²) >= 11 is 6.82. The smallest absolute Gasteiger partial charge is 0.206 e. The maximum Gasteiger partial charge on any atom is 0.251 e. The molecule has 17 heavy (non-hydrogen) atoms. The van der Waals surface area contributed by atoms with Crippen LogP contribution in [0.2, 0.25) is 4.34 Å². The number of hydrogen-bond acceptors (Lipinski definition) is 4. The molecular weight excluding hydrogens is 280 g/mol. The fourth-order valence-electron chi connectivity index (χ4n) is 1.10. The van der Waals surface area contributed by atoms with Gasteiger partial charge in [-0.2, -0.15) is 9.98 Å². The molecule has 0 saturated carbocycles. The van der Waals surface area contributed by atoms with Crippen molar-refractivity contribution in [1.82, 2.24) is 4.72 Å². The minimum atomic E-state index is -3.66. The summed E-state index contributed by atoms with van der Waals surface area (Å²) in [7, 11) is -3.66. The van der Waals surface area contributed by atoms with Crippen molar-refractivity contribution in [3.63, 3.8) is 0 Å². The zero-order chi connectivity index (χ0) is 13.2. The molecule has 94 valence electrons. The molecule has 1 rings (SSSR count). The Bertz CT molecular complexity index is 524. The van der Waals surface area contributed by atoms with Gasteiger partial charge in [-0.05, 0) is 24.5 Å². The average molecular weight is 293 g/mol. The summed E-state index contributed by atoms with van der Waals surface area (Å²) in [5.41, 5.74) is 0.718. The Hall–Kier alpha value is -0.610. The van der Waals surface area contributed by atoms with E-state index >= 15 is 0 Å². The van der Waals surface area contributed by atoms with Gasteiger partial charge in [0.15, 0.2) is 0 Å². The van der Waals surface area contributed by atoms with Crippen LogP contribution < -0.4 is 4.72 Å². The van der Waals surface area contributed by atoms with Crippen molar-refractivity contribution in [3.8, 4) is 6.07 Å². The monoisotopic (exact) mass is 292 g/mol. The molecule has 0 aromatic carbocycles. The minimum Gasteiger partial charge on any atom is -0.206 e. The number of halogens is 1. The van der Waals surface area contributed by atoms with Crippen LogP contribution in [0.3, 0.4) is 0 Å². The highest BCUT2D eigenvalue weighted by molar-refractivity contribution is 7.91. The van der Waals surface area contributed by atoms with E-state index in [0.29, 0.717) is 4.34 Å². The molecule has 7 heteroatoms. The Labute approximate surface area is 110 Å². The number of nitriles is 1. The third-order valence-corrected chi connectivity index (χ3v) is 5.66. The summed E-state index contributed by atoms with van der Waals surface area (Å²) in [6.07, 6.45) is 0. The summed E-state index contributed by atoms with van der Waals surface area (Å²) < 4.78 is 26.9. The summed E-state index contributed by atoms with van der Waals surface area (Å²) in [4.78, 5) is 0. The predicted molar refractivity (Wildman–Crippen MR) is 68.6 cm³/mol. The van der Waals surface area contributed by atoms with Crippen molar-refractivity contribution in [1.29, 1.82) is 5.26 Å². The fourth-order valence-corrected chi connectivity index (χ4v) is 4.11. The highest BCUT2D eigenvalue weighted by Gasteiger charge is 2.24. The molecule has 1 aromatic heterocycles. The summed E-state index contributed by atoms with van der Waals surface area (Å²) in [6.45, 7) is 5.30. The standard InChI is InChI=1S/C10H13ClN2O2S2/c1-6(2)8(5-12)13-17(14,15)9-4-7(3)10(11)16-9/h4,6,8,13H,1-3H3. The number of rotatable bonds is 4. The van der Waals surface area contributed by atoms with Crippen molar-refractivity contribution in [2.45, 2.75) is 31.0 Å². The Balaban J connectivity index is 3.01. The largest absolute Gasteiger partial charge is 0.251 e. The Kier molecular flexibility index (Phi) is 4.55. The van der Waals surface area contributed by atoms with E-state index in [1.165, 1.54) is 6.07 Å². The van der Waals surface area contributed by atoms with E-state index in [1.54, 1.807) is 20.8 Å². The van der Waals surface area contributed by atoms with Crippen LogP contribution >= 0.6 is 22.9 Å². The average Bonchev–Trinajstić information content (AvgIpc) is 2.56. The second-order valence-electron chi connectivity index (χ2n) is 3.99. The summed E-state index contributed by atoms with van der Waals surface area (Å²) in [5, 5.41) is 8.87. The van der Waals surface area contributed by atoms with Crippen LogP contribution in [0, 0.1) is 24.2 Å². The van der Waals surface area contributed by atoms with E-state index in [0.717, 1.165) is 16.9 Å². The van der Waals surface area contributed by atoms with Crippen LogP contribution in [0.15, 0.2) is 10.3 Å². The van der Waals surface area contributed by atoms with E-state index in [4.69, 9.17) is 16.9 Å². The van der Waals surface area contributed by atoms with Gasteiger partial charge in [0.25, 0.3) is 10.0 Å². The van der Waals surface area contributed by atoms with Crippen LogP contribution in [0.25, 0.3) is 0 Å². The van der Waals surface area contributed by atoms with Gasteiger partial charge in [-0.1, -0.05) is 25.4 Å². The second-order valence-corrected chi connectivity index (χ2v) is 7.59. The van der Waals surface area contributed by atoms with Gasteiger partial charge in [0.1, 0.15) is 10.3 Å². The highest BCUT2D eigenvalue weighted by atomic mass is 35.5. The summed E-state index contributed by atoms with van der Waals surface area (Å²) in [6, 6.07) is 2.70. The number of nitrogens with zero attached hydrogens (tertiary/aromatic N) is 1. The minimum absolute atomic E-state index is 0.0914. The van der Waals surface area contributed by atoms with Crippen LogP contribution in [0.5, 0.6) is 0 Å². The first kappa shape index (κ1) is 14.5. The van der Waals surface area contributed by atoms with Crippen molar-refractivity contribution < 1.29 is 8.42 Å². The van der Waals surface area contributed by atoms with Crippen LogP contribution in [-0.4, -0.2) is 14.5 Å². The topological polar surface area (TPSA) is 70.0 Å². The highest BCUT2D eigenvalue weighted by Crippen LogP contribution is 2.30. The molecule has 1 atom stereocenters. The SMILES string of the molecule is Cc1cc(S(=O)(=O)NC(C#N)C(C)C)sc1Cl. The zero-order valence-electron chi connectivity index (χ0n) is 9.69. The van der Waals surface area contributed by atoms with Gasteiger partial charge in [-0.15, -0.1) is 11.3 Å². The third kappa shape index (κ3) is 3.42. The fraction of sp³-hybridized carbons (Fsp3) is 0.500. The van der Waals surface area contributed by atoms with Gasteiger partial charge in [0.05, 0.1) is 10.4 Å². The number of aryl methyl sites for hydroxylation is 1. The van der Waals surface area contributed by atoms with E-state index in [9.17, 15) is 8.42 Å². The molecule has 0 aliphatic carbocycles. The number of thiophene rings is 1. The molecule has 1 N–H and O–H groups in total. The van der Waals surface area contributed by atoms with Gasteiger partial charge in [-0.25, -0.2) is 8.42 Å². The Morgan fingerprint density at radius 1 is 1.53 bits per heavy atom. The number of sulfonamides is 1. The van der Waals surface area contributed by atoms with Crippen molar-refractivity contribution in [2.75, 3.05) is 0 Å². The molecular formula is C10H13ClN2O2S2. The third-order valence-electron chi connectivity index (χ3n) is 2.19. The molecule has 4 nitrogen and oxygen atoms in total. The van der Waals surface area contributed by atoms with E-state index in [-0.39, 0.29) is 10.1 Å². The molecule has 0 aliphatic heterocycles.